The van der Waals surface area contributed by atoms with E-state index in [0.717, 1.165) is 0 Å². The van der Waals surface area contributed by atoms with E-state index in [2.05, 4.69) is 5.32 Å². The van der Waals surface area contributed by atoms with E-state index in [4.69, 9.17) is 0 Å². The first-order chi connectivity index (χ1) is 12.3. The summed E-state index contributed by atoms with van der Waals surface area (Å²) in [5.41, 5.74) is 0.106. The highest BCUT2D eigenvalue weighted by atomic mass is 32.2. The van der Waals surface area contributed by atoms with Gasteiger partial charge in [0.05, 0.1) is 16.9 Å². The van der Waals surface area contributed by atoms with Gasteiger partial charge < -0.3 is 4.90 Å². The van der Waals surface area contributed by atoms with Gasteiger partial charge in [0.15, 0.2) is 9.84 Å². The van der Waals surface area contributed by atoms with Crippen LogP contribution in [0.1, 0.15) is 30.1 Å². The van der Waals surface area contributed by atoms with Crippen LogP contribution in [0.5, 0.6) is 0 Å². The molecule has 3 rings (SSSR count). The number of benzene rings is 1. The number of halogens is 1. The molecule has 0 radical (unpaired) electrons. The third kappa shape index (κ3) is 3.77. The van der Waals surface area contributed by atoms with Crippen molar-refractivity contribution in [1.29, 1.82) is 0 Å². The number of carbonyl (C=O) groups is 3. The molecule has 0 spiro atoms. The van der Waals surface area contributed by atoms with Gasteiger partial charge in [-0.3, -0.25) is 19.7 Å². The quantitative estimate of drug-likeness (QED) is 0.754. The summed E-state index contributed by atoms with van der Waals surface area (Å²) in [6.07, 6.45) is -0.114. The number of hydrogen-bond acceptors (Lipinski definition) is 5. The number of sulfone groups is 1. The minimum atomic E-state index is -3.63. The summed E-state index contributed by atoms with van der Waals surface area (Å²) in [5, 5.41) is 1.13. The Labute approximate surface area is 150 Å². The molecular formula is C17H19FN2O5S. The Balaban J connectivity index is 1.78. The Kier molecular flexibility index (Phi) is 5.08. The van der Waals surface area contributed by atoms with Crippen LogP contribution in [0.4, 0.5) is 4.39 Å². The molecule has 2 fully saturated rings. The molecule has 140 valence electrons. The van der Waals surface area contributed by atoms with Gasteiger partial charge in [0.25, 0.3) is 0 Å². The van der Waals surface area contributed by atoms with Crippen molar-refractivity contribution in [3.05, 3.63) is 35.6 Å². The molecular weight excluding hydrogens is 363 g/mol. The zero-order valence-corrected chi connectivity index (χ0v) is 14.8. The fraction of sp³-hybridized carbons (Fsp3) is 0.471. The van der Waals surface area contributed by atoms with E-state index in [1.165, 1.54) is 23.1 Å². The standard InChI is InChI=1S/C17H19FN2O5S/c18-13-4-2-1-3-12(13)14-5-6-20(7-8-26(14,24)25)17(23)11-9-15(21)19-16(22)10-11/h1-4,11,14H,5-10H2,(H,19,21,22). The maximum atomic E-state index is 14.1. The second-order valence-electron chi connectivity index (χ2n) is 6.57. The number of piperidine rings is 1. The Morgan fingerprint density at radius 3 is 2.42 bits per heavy atom. The fourth-order valence-electron chi connectivity index (χ4n) is 3.46. The lowest BCUT2D eigenvalue weighted by molar-refractivity contribution is -0.145. The highest BCUT2D eigenvalue weighted by Crippen LogP contribution is 2.31. The van der Waals surface area contributed by atoms with Gasteiger partial charge in [0, 0.05) is 31.5 Å². The molecule has 3 amide bonds. The number of carbonyl (C=O) groups excluding carboxylic acids is 3. The van der Waals surface area contributed by atoms with Gasteiger partial charge in [-0.25, -0.2) is 12.8 Å². The predicted molar refractivity (Wildman–Crippen MR) is 90.0 cm³/mol. The van der Waals surface area contributed by atoms with Crippen LogP contribution in [-0.2, 0) is 24.2 Å². The lowest BCUT2D eigenvalue weighted by atomic mass is 9.95. The van der Waals surface area contributed by atoms with Gasteiger partial charge in [0.1, 0.15) is 5.82 Å². The molecule has 0 saturated carbocycles. The minimum absolute atomic E-state index is 0.0293. The van der Waals surface area contributed by atoms with E-state index >= 15 is 0 Å². The molecule has 0 bridgehead atoms. The molecule has 1 N–H and O–H groups in total. The Bertz CT molecular complexity index is 838. The van der Waals surface area contributed by atoms with E-state index in [0.29, 0.717) is 0 Å². The van der Waals surface area contributed by atoms with Crippen molar-refractivity contribution < 1.29 is 27.2 Å². The zero-order valence-electron chi connectivity index (χ0n) is 14.0. The highest BCUT2D eigenvalue weighted by Gasteiger charge is 2.37. The molecule has 2 saturated heterocycles. The van der Waals surface area contributed by atoms with Crippen LogP contribution < -0.4 is 5.32 Å². The van der Waals surface area contributed by atoms with Crippen molar-refractivity contribution in [3.8, 4) is 0 Å². The van der Waals surface area contributed by atoms with E-state index in [-0.39, 0.29) is 43.7 Å². The van der Waals surface area contributed by atoms with Gasteiger partial charge in [-0.05, 0) is 12.5 Å². The summed E-state index contributed by atoms with van der Waals surface area (Å²) < 4.78 is 39.2. The average Bonchev–Trinajstić information content (AvgIpc) is 2.72. The molecule has 26 heavy (non-hydrogen) atoms. The number of imide groups is 1. The normalized spacial score (nSPS) is 24.0. The van der Waals surface area contributed by atoms with Crippen molar-refractivity contribution in [2.45, 2.75) is 24.5 Å². The lowest BCUT2D eigenvalue weighted by Crippen LogP contribution is -2.46. The third-order valence-electron chi connectivity index (χ3n) is 4.80. The molecule has 1 aromatic carbocycles. The molecule has 0 aliphatic carbocycles. The van der Waals surface area contributed by atoms with Crippen molar-refractivity contribution in [1.82, 2.24) is 10.2 Å². The van der Waals surface area contributed by atoms with E-state index < -0.39 is 44.5 Å². The van der Waals surface area contributed by atoms with Gasteiger partial charge in [-0.1, -0.05) is 18.2 Å². The largest absolute Gasteiger partial charge is 0.341 e. The SMILES string of the molecule is O=C1CC(C(=O)N2CCC(c3ccccc3F)S(=O)(=O)CC2)CC(=O)N1. The summed E-state index contributed by atoms with van der Waals surface area (Å²) in [5.74, 6) is -3.07. The summed E-state index contributed by atoms with van der Waals surface area (Å²) in [4.78, 5) is 37.0. The first-order valence-electron chi connectivity index (χ1n) is 8.35. The smallest absolute Gasteiger partial charge is 0.227 e. The number of rotatable bonds is 2. The molecule has 1 unspecified atom stereocenters. The van der Waals surface area contributed by atoms with Gasteiger partial charge in [-0.15, -0.1) is 0 Å². The molecule has 2 aliphatic heterocycles. The molecule has 1 aromatic rings. The summed E-state index contributed by atoms with van der Waals surface area (Å²) >= 11 is 0. The van der Waals surface area contributed by atoms with Gasteiger partial charge >= 0.3 is 0 Å². The van der Waals surface area contributed by atoms with Gasteiger partial charge in [0.2, 0.25) is 17.7 Å². The van der Waals surface area contributed by atoms with Crippen molar-refractivity contribution in [3.63, 3.8) is 0 Å². The molecule has 1 atom stereocenters. The monoisotopic (exact) mass is 382 g/mol. The zero-order chi connectivity index (χ0) is 18.9. The lowest BCUT2D eigenvalue weighted by Gasteiger charge is -2.27. The summed E-state index contributed by atoms with van der Waals surface area (Å²) in [6, 6.07) is 5.72. The number of hydrogen-bond donors (Lipinski definition) is 1. The fourth-order valence-corrected chi connectivity index (χ4v) is 5.26. The Morgan fingerprint density at radius 2 is 1.77 bits per heavy atom. The van der Waals surface area contributed by atoms with Crippen LogP contribution in [0.15, 0.2) is 24.3 Å². The topological polar surface area (TPSA) is 101 Å². The van der Waals surface area contributed by atoms with Crippen LogP contribution >= 0.6 is 0 Å². The molecule has 2 heterocycles. The second-order valence-corrected chi connectivity index (χ2v) is 8.87. The van der Waals surface area contributed by atoms with Gasteiger partial charge in [-0.2, -0.15) is 0 Å². The van der Waals surface area contributed by atoms with Crippen LogP contribution in [0, 0.1) is 11.7 Å². The maximum absolute atomic E-state index is 14.1. The molecule has 9 heteroatoms. The summed E-state index contributed by atoms with van der Waals surface area (Å²) in [7, 11) is -3.63. The predicted octanol–water partition coefficient (Wildman–Crippen LogP) is 0.567. The molecule has 2 aliphatic rings. The second kappa shape index (κ2) is 7.14. The van der Waals surface area contributed by atoms with Crippen molar-refractivity contribution in [2.75, 3.05) is 18.8 Å². The maximum Gasteiger partial charge on any atom is 0.227 e. The van der Waals surface area contributed by atoms with Crippen LogP contribution in [0.2, 0.25) is 0 Å². The summed E-state index contributed by atoms with van der Waals surface area (Å²) in [6.45, 7) is 0.0990. The number of nitrogens with one attached hydrogen (secondary N) is 1. The Hall–Kier alpha value is -2.29. The average molecular weight is 382 g/mol. The van der Waals surface area contributed by atoms with Crippen LogP contribution in [0.25, 0.3) is 0 Å². The van der Waals surface area contributed by atoms with Crippen molar-refractivity contribution in [2.24, 2.45) is 5.92 Å². The van der Waals surface area contributed by atoms with Crippen molar-refractivity contribution >= 4 is 27.6 Å². The van der Waals surface area contributed by atoms with E-state index in [1.807, 2.05) is 0 Å². The number of nitrogens with zero attached hydrogens (tertiary/aromatic N) is 1. The Morgan fingerprint density at radius 1 is 1.12 bits per heavy atom. The first-order valence-corrected chi connectivity index (χ1v) is 10.1. The highest BCUT2D eigenvalue weighted by molar-refractivity contribution is 7.91. The van der Waals surface area contributed by atoms with E-state index in [1.54, 1.807) is 6.07 Å². The minimum Gasteiger partial charge on any atom is -0.341 e. The first kappa shape index (κ1) is 18.5. The third-order valence-corrected chi connectivity index (χ3v) is 6.90. The number of amides is 3. The molecule has 7 nitrogen and oxygen atoms in total. The van der Waals surface area contributed by atoms with Crippen LogP contribution in [0.3, 0.4) is 0 Å². The molecule has 0 aromatic heterocycles. The van der Waals surface area contributed by atoms with E-state index in [9.17, 15) is 27.2 Å². The van der Waals surface area contributed by atoms with Crippen LogP contribution in [-0.4, -0.2) is 49.9 Å².